The zero-order valence-electron chi connectivity index (χ0n) is 14.6. The first-order chi connectivity index (χ1) is 12.5. The average molecular weight is 354 g/mol. The maximum atomic E-state index is 14.1. The van der Waals surface area contributed by atoms with Crippen molar-refractivity contribution < 1.29 is 23.8 Å². The van der Waals surface area contributed by atoms with Crippen LogP contribution in [-0.4, -0.2) is 25.1 Å². The largest absolute Gasteiger partial charge is 0.504 e. The summed E-state index contributed by atoms with van der Waals surface area (Å²) in [6.45, 7) is 0. The summed E-state index contributed by atoms with van der Waals surface area (Å²) in [6, 6.07) is 9.46. The molecule has 1 saturated carbocycles. The van der Waals surface area contributed by atoms with Crippen LogP contribution in [0.2, 0.25) is 0 Å². The molecule has 0 saturated heterocycles. The van der Waals surface area contributed by atoms with E-state index in [2.05, 4.69) is 0 Å². The van der Waals surface area contributed by atoms with Crippen LogP contribution in [0.4, 0.5) is 4.39 Å². The highest BCUT2D eigenvalue weighted by Crippen LogP contribution is 2.32. The first kappa shape index (κ1) is 17.7. The molecule has 2 aromatic rings. The molecule has 5 heteroatoms. The second kappa shape index (κ2) is 7.44. The zero-order chi connectivity index (χ0) is 18.7. The van der Waals surface area contributed by atoms with Gasteiger partial charge in [-0.15, -0.1) is 0 Å². The highest BCUT2D eigenvalue weighted by Gasteiger charge is 2.23. The molecule has 134 valence electrons. The Morgan fingerprint density at radius 1 is 1.00 bits per heavy atom. The molecule has 0 radical (unpaired) electrons. The molecule has 0 aliphatic heterocycles. The molecule has 0 amide bonds. The van der Waals surface area contributed by atoms with Crippen molar-refractivity contribution in [1.82, 2.24) is 0 Å². The number of Topliss-reactive ketones (excluding diaryl/α,β-unsaturated/α-hetero) is 1. The summed E-state index contributed by atoms with van der Waals surface area (Å²) in [4.78, 5) is 12.6. The van der Waals surface area contributed by atoms with Gasteiger partial charge >= 0.3 is 0 Å². The van der Waals surface area contributed by atoms with Crippen molar-refractivity contribution in [1.29, 1.82) is 0 Å². The molecule has 0 bridgehead atoms. The summed E-state index contributed by atoms with van der Waals surface area (Å²) in [6.07, 6.45) is 4.52. The number of carbonyl (C=O) groups is 1. The Bertz CT molecular complexity index is 912. The summed E-state index contributed by atoms with van der Waals surface area (Å²) < 4.78 is 24.2. The van der Waals surface area contributed by atoms with Crippen molar-refractivity contribution in [2.45, 2.75) is 12.8 Å². The first-order valence-electron chi connectivity index (χ1n) is 8.18. The number of phenols is 1. The normalized spacial score (nSPS) is 17.1. The van der Waals surface area contributed by atoms with E-state index in [0.717, 1.165) is 5.56 Å². The van der Waals surface area contributed by atoms with Crippen LogP contribution in [0, 0.1) is 5.82 Å². The van der Waals surface area contributed by atoms with E-state index in [1.807, 2.05) is 0 Å². The topological polar surface area (TPSA) is 55.8 Å². The molecule has 3 rings (SSSR count). The fraction of sp³-hybridized carbons (Fsp3) is 0.190. The van der Waals surface area contributed by atoms with Gasteiger partial charge < -0.3 is 14.6 Å². The average Bonchev–Trinajstić information content (AvgIpc) is 2.98. The lowest BCUT2D eigenvalue weighted by Gasteiger charge is -2.04. The summed E-state index contributed by atoms with van der Waals surface area (Å²) in [7, 11) is 2.94. The lowest BCUT2D eigenvalue weighted by Crippen LogP contribution is -1.96. The van der Waals surface area contributed by atoms with Crippen molar-refractivity contribution in [3.63, 3.8) is 0 Å². The Kier molecular flexibility index (Phi) is 5.07. The molecule has 0 atom stereocenters. The van der Waals surface area contributed by atoms with E-state index in [4.69, 9.17) is 9.47 Å². The molecule has 1 N–H and O–H groups in total. The van der Waals surface area contributed by atoms with E-state index in [0.29, 0.717) is 41.1 Å². The van der Waals surface area contributed by atoms with Gasteiger partial charge in [0.15, 0.2) is 17.3 Å². The van der Waals surface area contributed by atoms with Crippen molar-refractivity contribution >= 4 is 17.9 Å². The van der Waals surface area contributed by atoms with E-state index in [9.17, 15) is 14.3 Å². The molecule has 2 aromatic carbocycles. The van der Waals surface area contributed by atoms with Gasteiger partial charge in [0.25, 0.3) is 0 Å². The molecule has 1 aliphatic rings. The first-order valence-corrected chi connectivity index (χ1v) is 8.18. The van der Waals surface area contributed by atoms with Gasteiger partial charge in [-0.05, 0) is 54.8 Å². The lowest BCUT2D eigenvalue weighted by atomic mass is 10.1. The van der Waals surface area contributed by atoms with Crippen molar-refractivity contribution in [3.8, 4) is 17.2 Å². The van der Waals surface area contributed by atoms with Crippen molar-refractivity contribution in [2.75, 3.05) is 14.2 Å². The van der Waals surface area contributed by atoms with Gasteiger partial charge in [-0.3, -0.25) is 4.79 Å². The Labute approximate surface area is 151 Å². The van der Waals surface area contributed by atoms with Crippen molar-refractivity contribution in [3.05, 3.63) is 64.5 Å². The third-order valence-corrected chi connectivity index (χ3v) is 4.33. The maximum absolute atomic E-state index is 14.1. The third kappa shape index (κ3) is 3.61. The summed E-state index contributed by atoms with van der Waals surface area (Å²) in [5.41, 5.74) is 2.35. The summed E-state index contributed by atoms with van der Waals surface area (Å²) in [5, 5.41) is 9.65. The molecule has 0 aromatic heterocycles. The number of hydrogen-bond donors (Lipinski definition) is 1. The number of allylic oxidation sites excluding steroid dienone is 2. The SMILES string of the molecule is COc1ccc(/C=C2/CC/C(=C/c3ccc(O)c(OC)c3)C2=O)c(F)c1. The number of ketones is 1. The van der Waals surface area contributed by atoms with E-state index in [-0.39, 0.29) is 11.5 Å². The van der Waals surface area contributed by atoms with E-state index in [1.54, 1.807) is 36.4 Å². The molecule has 4 nitrogen and oxygen atoms in total. The Hall–Kier alpha value is -3.08. The summed E-state index contributed by atoms with van der Waals surface area (Å²) in [5.74, 6) is 0.311. The van der Waals surface area contributed by atoms with Gasteiger partial charge in [0.05, 0.1) is 14.2 Å². The van der Waals surface area contributed by atoms with Crippen LogP contribution in [0.5, 0.6) is 17.2 Å². The van der Waals surface area contributed by atoms with Crippen LogP contribution in [0.3, 0.4) is 0 Å². The van der Waals surface area contributed by atoms with Crippen LogP contribution in [0.1, 0.15) is 24.0 Å². The maximum Gasteiger partial charge on any atom is 0.185 e. The predicted octanol–water partition coefficient (Wildman–Crippen LogP) is 4.38. The van der Waals surface area contributed by atoms with Gasteiger partial charge in [-0.25, -0.2) is 4.39 Å². The second-order valence-corrected chi connectivity index (χ2v) is 5.99. The van der Waals surface area contributed by atoms with Gasteiger partial charge in [0.2, 0.25) is 0 Å². The molecule has 0 spiro atoms. The fourth-order valence-corrected chi connectivity index (χ4v) is 2.90. The number of benzene rings is 2. The molecular weight excluding hydrogens is 335 g/mol. The third-order valence-electron chi connectivity index (χ3n) is 4.33. The van der Waals surface area contributed by atoms with E-state index in [1.165, 1.54) is 26.4 Å². The molecule has 26 heavy (non-hydrogen) atoms. The number of methoxy groups -OCH3 is 2. The fourth-order valence-electron chi connectivity index (χ4n) is 2.90. The standard InChI is InChI=1S/C21H19FO4/c1-25-17-7-6-14(18(22)12-17)11-16-5-4-15(21(16)24)9-13-3-8-19(23)20(10-13)26-2/h3,6-12,23H,4-5H2,1-2H3/b15-9-,16-11-. The Balaban J connectivity index is 1.86. The number of rotatable bonds is 4. The highest BCUT2D eigenvalue weighted by molar-refractivity contribution is 6.15. The molecular formula is C21H19FO4. The number of carbonyl (C=O) groups excluding carboxylic acids is 1. The van der Waals surface area contributed by atoms with Gasteiger partial charge in [-0.2, -0.15) is 0 Å². The van der Waals surface area contributed by atoms with Crippen LogP contribution in [0.25, 0.3) is 12.2 Å². The Morgan fingerprint density at radius 3 is 2.38 bits per heavy atom. The van der Waals surface area contributed by atoms with Crippen LogP contribution >= 0.6 is 0 Å². The van der Waals surface area contributed by atoms with Crippen molar-refractivity contribution in [2.24, 2.45) is 0 Å². The quantitative estimate of drug-likeness (QED) is 0.828. The van der Waals surface area contributed by atoms with Crippen LogP contribution in [0.15, 0.2) is 47.5 Å². The second-order valence-electron chi connectivity index (χ2n) is 5.99. The zero-order valence-corrected chi connectivity index (χ0v) is 14.6. The van der Waals surface area contributed by atoms with Gasteiger partial charge in [0, 0.05) is 22.8 Å². The van der Waals surface area contributed by atoms with Gasteiger partial charge in [-0.1, -0.05) is 6.07 Å². The minimum absolute atomic E-state index is 0.0444. The Morgan fingerprint density at radius 2 is 1.73 bits per heavy atom. The van der Waals surface area contributed by atoms with Crippen LogP contribution in [-0.2, 0) is 4.79 Å². The smallest absolute Gasteiger partial charge is 0.185 e. The summed E-state index contributed by atoms with van der Waals surface area (Å²) >= 11 is 0. The monoisotopic (exact) mass is 354 g/mol. The lowest BCUT2D eigenvalue weighted by molar-refractivity contribution is -0.111. The molecule has 1 aliphatic carbocycles. The molecule has 0 heterocycles. The predicted molar refractivity (Wildman–Crippen MR) is 97.8 cm³/mol. The highest BCUT2D eigenvalue weighted by atomic mass is 19.1. The minimum Gasteiger partial charge on any atom is -0.504 e. The molecule has 1 fully saturated rings. The molecule has 0 unspecified atom stereocenters. The van der Waals surface area contributed by atoms with Crippen LogP contribution < -0.4 is 9.47 Å². The van der Waals surface area contributed by atoms with E-state index >= 15 is 0 Å². The number of aromatic hydroxyl groups is 1. The number of phenolic OH excluding ortho intramolecular Hbond substituents is 1. The van der Waals surface area contributed by atoms with E-state index < -0.39 is 5.82 Å². The van der Waals surface area contributed by atoms with Gasteiger partial charge in [0.1, 0.15) is 11.6 Å². The number of halogens is 1. The number of ether oxygens (including phenoxy) is 2. The minimum atomic E-state index is -0.426. The number of hydrogen-bond acceptors (Lipinski definition) is 4.